The summed E-state index contributed by atoms with van der Waals surface area (Å²) in [6.45, 7) is 6.33. The van der Waals surface area contributed by atoms with E-state index in [1.54, 1.807) is 30.0 Å². The van der Waals surface area contributed by atoms with Crippen LogP contribution in [-0.2, 0) is 14.3 Å². The summed E-state index contributed by atoms with van der Waals surface area (Å²) in [4.78, 5) is 38.8. The maximum absolute atomic E-state index is 12.6. The Labute approximate surface area is 172 Å². The van der Waals surface area contributed by atoms with Gasteiger partial charge in [0.15, 0.2) is 0 Å². The molecular formula is C22H31N3O4. The highest BCUT2D eigenvalue weighted by Crippen LogP contribution is 2.32. The van der Waals surface area contributed by atoms with Gasteiger partial charge < -0.3 is 15.4 Å². The van der Waals surface area contributed by atoms with Gasteiger partial charge in [0.25, 0.3) is 0 Å². The maximum Gasteiger partial charge on any atom is 0.337 e. The van der Waals surface area contributed by atoms with Crippen molar-refractivity contribution in [2.24, 2.45) is 0 Å². The molecule has 1 heterocycles. The van der Waals surface area contributed by atoms with Gasteiger partial charge in [-0.2, -0.15) is 0 Å². The van der Waals surface area contributed by atoms with E-state index in [-0.39, 0.29) is 11.9 Å². The molecule has 1 atom stereocenters. The normalized spacial score (nSPS) is 16.5. The molecule has 7 nitrogen and oxygen atoms in total. The van der Waals surface area contributed by atoms with E-state index < -0.39 is 12.0 Å². The van der Waals surface area contributed by atoms with Gasteiger partial charge in [0, 0.05) is 24.4 Å². The molecule has 29 heavy (non-hydrogen) atoms. The highest BCUT2D eigenvalue weighted by molar-refractivity contribution is 5.95. The van der Waals surface area contributed by atoms with Gasteiger partial charge in [-0.1, -0.05) is 38.8 Å². The van der Waals surface area contributed by atoms with Gasteiger partial charge in [-0.25, -0.2) is 9.59 Å². The number of allylic oxidation sites excluding steroid dienone is 1. The Balaban J connectivity index is 2.30. The first kappa shape index (κ1) is 22.5. The van der Waals surface area contributed by atoms with Crippen molar-refractivity contribution in [3.63, 3.8) is 0 Å². The summed E-state index contributed by atoms with van der Waals surface area (Å²) in [5.41, 5.74) is 2.32. The van der Waals surface area contributed by atoms with E-state index in [9.17, 15) is 14.4 Å². The molecule has 0 saturated carbocycles. The number of rotatable bonds is 9. The van der Waals surface area contributed by atoms with Crippen LogP contribution in [0.25, 0.3) is 0 Å². The van der Waals surface area contributed by atoms with Gasteiger partial charge in [-0.3, -0.25) is 9.69 Å². The fraction of sp³-hybridized carbons (Fsp3) is 0.500. The Hall–Kier alpha value is -2.83. The van der Waals surface area contributed by atoms with Crippen LogP contribution >= 0.6 is 0 Å². The van der Waals surface area contributed by atoms with Crippen molar-refractivity contribution in [1.29, 1.82) is 0 Å². The number of hydrogen-bond acceptors (Lipinski definition) is 4. The van der Waals surface area contributed by atoms with Crippen LogP contribution < -0.4 is 10.6 Å². The number of anilines is 1. The number of amides is 3. The quantitative estimate of drug-likeness (QED) is 0.481. The fourth-order valence-electron chi connectivity index (χ4n) is 3.45. The standard InChI is InChI=1S/C22H31N3O4/c1-5-7-8-12-18(26)23-17-11-9-10-16(14-17)20-19(21(27)29-4)15(3)25(13-6-2)22(28)24-20/h9-11,14,20H,5-8,12-13H2,1-4H3,(H,23,26)(H,24,28). The number of hydrogen-bond donors (Lipinski definition) is 2. The second-order valence-corrected chi connectivity index (χ2v) is 7.16. The molecule has 2 rings (SSSR count). The van der Waals surface area contributed by atoms with Crippen LogP contribution in [0.3, 0.4) is 0 Å². The van der Waals surface area contributed by atoms with Crippen molar-refractivity contribution >= 4 is 23.6 Å². The summed E-state index contributed by atoms with van der Waals surface area (Å²) < 4.78 is 4.98. The Bertz CT molecular complexity index is 788. The molecule has 0 aromatic heterocycles. The van der Waals surface area contributed by atoms with Crippen LogP contribution in [0.5, 0.6) is 0 Å². The second kappa shape index (κ2) is 10.6. The zero-order valence-corrected chi connectivity index (χ0v) is 17.7. The predicted octanol–water partition coefficient (Wildman–Crippen LogP) is 4.13. The Morgan fingerprint density at radius 1 is 1.21 bits per heavy atom. The van der Waals surface area contributed by atoms with Crippen LogP contribution in [0.4, 0.5) is 10.5 Å². The van der Waals surface area contributed by atoms with Crippen LogP contribution in [0, 0.1) is 0 Å². The maximum atomic E-state index is 12.6. The number of methoxy groups -OCH3 is 1. The molecule has 1 aromatic rings. The summed E-state index contributed by atoms with van der Waals surface area (Å²) >= 11 is 0. The lowest BCUT2D eigenvalue weighted by Gasteiger charge is -2.35. The Kier molecular flexibility index (Phi) is 8.24. The van der Waals surface area contributed by atoms with Gasteiger partial charge in [0.05, 0.1) is 18.7 Å². The molecule has 1 aromatic carbocycles. The van der Waals surface area contributed by atoms with Crippen LogP contribution in [-0.4, -0.2) is 36.5 Å². The lowest BCUT2D eigenvalue weighted by atomic mass is 9.94. The first-order valence-corrected chi connectivity index (χ1v) is 10.2. The van der Waals surface area contributed by atoms with E-state index in [1.807, 2.05) is 13.0 Å². The molecule has 1 aliphatic rings. The van der Waals surface area contributed by atoms with Gasteiger partial charge in [0.2, 0.25) is 5.91 Å². The minimum absolute atomic E-state index is 0.0442. The van der Waals surface area contributed by atoms with Crippen molar-refractivity contribution in [2.45, 2.75) is 58.9 Å². The summed E-state index contributed by atoms with van der Waals surface area (Å²) in [5, 5.41) is 5.80. The van der Waals surface area contributed by atoms with Crippen LogP contribution in [0.1, 0.15) is 64.5 Å². The summed E-state index contributed by atoms with van der Waals surface area (Å²) in [6, 6.07) is 6.31. The van der Waals surface area contributed by atoms with Crippen molar-refractivity contribution in [2.75, 3.05) is 19.0 Å². The third kappa shape index (κ3) is 5.59. The zero-order chi connectivity index (χ0) is 21.4. The lowest BCUT2D eigenvalue weighted by Crippen LogP contribution is -2.48. The molecule has 0 bridgehead atoms. The fourth-order valence-corrected chi connectivity index (χ4v) is 3.45. The van der Waals surface area contributed by atoms with E-state index in [0.717, 1.165) is 25.7 Å². The minimum atomic E-state index is -0.639. The molecule has 1 unspecified atom stereocenters. The Morgan fingerprint density at radius 3 is 2.62 bits per heavy atom. The van der Waals surface area contributed by atoms with Crippen molar-refractivity contribution < 1.29 is 19.1 Å². The van der Waals surface area contributed by atoms with Crippen LogP contribution in [0.15, 0.2) is 35.5 Å². The van der Waals surface area contributed by atoms with E-state index in [1.165, 1.54) is 7.11 Å². The molecule has 0 aliphatic carbocycles. The highest BCUT2D eigenvalue weighted by atomic mass is 16.5. The largest absolute Gasteiger partial charge is 0.466 e. The predicted molar refractivity (Wildman–Crippen MR) is 112 cm³/mol. The average molecular weight is 402 g/mol. The first-order valence-electron chi connectivity index (χ1n) is 10.2. The minimum Gasteiger partial charge on any atom is -0.466 e. The summed E-state index contributed by atoms with van der Waals surface area (Å²) in [6.07, 6.45) is 4.16. The number of unbranched alkanes of at least 4 members (excludes halogenated alkanes) is 2. The van der Waals surface area contributed by atoms with Gasteiger partial charge in [0.1, 0.15) is 0 Å². The van der Waals surface area contributed by atoms with Gasteiger partial charge >= 0.3 is 12.0 Å². The molecule has 158 valence electrons. The number of benzene rings is 1. The number of esters is 1. The number of nitrogens with zero attached hydrogens (tertiary/aromatic N) is 1. The van der Waals surface area contributed by atoms with Gasteiger partial charge in [-0.05, 0) is 37.5 Å². The topological polar surface area (TPSA) is 87.7 Å². The number of ether oxygens (including phenoxy) is 1. The van der Waals surface area contributed by atoms with E-state index in [0.29, 0.717) is 35.5 Å². The molecule has 0 spiro atoms. The molecule has 0 saturated heterocycles. The zero-order valence-electron chi connectivity index (χ0n) is 17.7. The molecule has 3 amide bonds. The van der Waals surface area contributed by atoms with E-state index >= 15 is 0 Å². The molecule has 7 heteroatoms. The molecule has 0 fully saturated rings. The second-order valence-electron chi connectivity index (χ2n) is 7.16. The van der Waals surface area contributed by atoms with Crippen molar-refractivity contribution in [3.05, 3.63) is 41.1 Å². The van der Waals surface area contributed by atoms with Crippen LogP contribution in [0.2, 0.25) is 0 Å². The SMILES string of the molecule is CCCCCC(=O)Nc1cccc(C2NC(=O)N(CCC)C(C)=C2C(=O)OC)c1. The smallest absolute Gasteiger partial charge is 0.337 e. The monoisotopic (exact) mass is 401 g/mol. The summed E-state index contributed by atoms with van der Waals surface area (Å²) in [7, 11) is 1.33. The Morgan fingerprint density at radius 2 is 1.97 bits per heavy atom. The van der Waals surface area contributed by atoms with Crippen molar-refractivity contribution in [1.82, 2.24) is 10.2 Å². The number of nitrogens with one attached hydrogen (secondary N) is 2. The van der Waals surface area contributed by atoms with E-state index in [4.69, 9.17) is 4.74 Å². The highest BCUT2D eigenvalue weighted by Gasteiger charge is 2.35. The number of carbonyl (C=O) groups is 3. The lowest BCUT2D eigenvalue weighted by molar-refractivity contribution is -0.136. The molecule has 2 N–H and O–H groups in total. The first-order chi connectivity index (χ1) is 13.9. The third-order valence-electron chi connectivity index (χ3n) is 4.96. The molecular weight excluding hydrogens is 370 g/mol. The third-order valence-corrected chi connectivity index (χ3v) is 4.96. The number of urea groups is 1. The van der Waals surface area contributed by atoms with Gasteiger partial charge in [-0.15, -0.1) is 0 Å². The van der Waals surface area contributed by atoms with Crippen molar-refractivity contribution in [3.8, 4) is 0 Å². The molecule has 1 aliphatic heterocycles. The van der Waals surface area contributed by atoms with E-state index in [2.05, 4.69) is 17.6 Å². The summed E-state index contributed by atoms with van der Waals surface area (Å²) in [5.74, 6) is -0.528. The number of carbonyl (C=O) groups excluding carboxylic acids is 3. The molecule has 0 radical (unpaired) electrons. The average Bonchev–Trinajstić information content (AvgIpc) is 2.70.